The van der Waals surface area contributed by atoms with Crippen LogP contribution in [0.3, 0.4) is 0 Å². The van der Waals surface area contributed by atoms with Gasteiger partial charge < -0.3 is 19.0 Å². The molecule has 2 rings (SSSR count). The molecule has 1 atom stereocenters. The Balaban J connectivity index is 2.14. The summed E-state index contributed by atoms with van der Waals surface area (Å²) in [5.41, 5.74) is 0.915. The van der Waals surface area contributed by atoms with Crippen LogP contribution < -0.4 is 9.47 Å². The van der Waals surface area contributed by atoms with E-state index in [0.717, 1.165) is 5.56 Å². The first-order chi connectivity index (χ1) is 9.13. The van der Waals surface area contributed by atoms with Gasteiger partial charge in [0.25, 0.3) is 0 Å². The van der Waals surface area contributed by atoms with Crippen LogP contribution in [0.25, 0.3) is 0 Å². The van der Waals surface area contributed by atoms with Crippen molar-refractivity contribution in [2.24, 2.45) is 0 Å². The summed E-state index contributed by atoms with van der Waals surface area (Å²) in [6, 6.07) is 8.76. The Morgan fingerprint density at radius 3 is 2.47 bits per heavy atom. The zero-order valence-electron chi connectivity index (χ0n) is 10.7. The number of rotatable bonds is 5. The molecule has 1 unspecified atom stereocenters. The third kappa shape index (κ3) is 3.22. The predicted octanol–water partition coefficient (Wildman–Crippen LogP) is 3.23. The quantitative estimate of drug-likeness (QED) is 0.915. The van der Waals surface area contributed by atoms with Crippen LogP contribution in [0.15, 0.2) is 34.7 Å². The van der Waals surface area contributed by atoms with Gasteiger partial charge in [-0.15, -0.1) is 0 Å². The summed E-state index contributed by atoms with van der Waals surface area (Å²) in [6.07, 6.45) is -0.338. The fourth-order valence-electron chi connectivity index (χ4n) is 1.84. The zero-order chi connectivity index (χ0) is 13.8. The van der Waals surface area contributed by atoms with Gasteiger partial charge in [-0.05, 0) is 41.4 Å². The van der Waals surface area contributed by atoms with Crippen LogP contribution in [-0.4, -0.2) is 19.3 Å². The number of halogens is 1. The molecule has 0 aliphatic heterocycles. The maximum Gasteiger partial charge on any atom is 0.193 e. The number of hydrogen-bond donors (Lipinski definition) is 1. The lowest BCUT2D eigenvalue weighted by molar-refractivity contribution is 0.150. The normalized spacial score (nSPS) is 12.2. The summed E-state index contributed by atoms with van der Waals surface area (Å²) in [4.78, 5) is 0. The van der Waals surface area contributed by atoms with Crippen molar-refractivity contribution in [1.82, 2.24) is 0 Å². The Kier molecular flexibility index (Phi) is 4.35. The Hall–Kier alpha value is -1.65. The van der Waals surface area contributed by atoms with Crippen LogP contribution >= 0.6 is 11.6 Å². The number of ether oxygens (including phenoxy) is 2. The van der Waals surface area contributed by atoms with E-state index in [1.54, 1.807) is 32.4 Å². The van der Waals surface area contributed by atoms with Gasteiger partial charge in [0.05, 0.1) is 14.2 Å². The highest BCUT2D eigenvalue weighted by atomic mass is 35.5. The van der Waals surface area contributed by atoms with Gasteiger partial charge in [0.1, 0.15) is 11.9 Å². The Morgan fingerprint density at radius 2 is 1.89 bits per heavy atom. The van der Waals surface area contributed by atoms with E-state index in [1.807, 2.05) is 12.1 Å². The maximum atomic E-state index is 10.1. The zero-order valence-corrected chi connectivity index (χ0v) is 11.5. The third-order valence-corrected chi connectivity index (χ3v) is 3.00. The second-order valence-electron chi connectivity index (χ2n) is 4.05. The number of furan rings is 1. The van der Waals surface area contributed by atoms with E-state index in [-0.39, 0.29) is 5.22 Å². The number of hydrogen-bond acceptors (Lipinski definition) is 4. The molecular weight excluding hydrogens is 268 g/mol. The molecule has 4 nitrogen and oxygen atoms in total. The fraction of sp³-hybridized carbons (Fsp3) is 0.286. The monoisotopic (exact) mass is 282 g/mol. The molecule has 0 saturated heterocycles. The van der Waals surface area contributed by atoms with Crippen molar-refractivity contribution in [1.29, 1.82) is 0 Å². The standard InChI is InChI=1S/C14H15ClO4/c1-17-12-4-3-9(8-13(12)18-2)7-10(16)11-5-6-14(15)19-11/h3-6,8,10,16H,7H2,1-2H3. The van der Waals surface area contributed by atoms with E-state index in [4.69, 9.17) is 25.5 Å². The van der Waals surface area contributed by atoms with Crippen molar-refractivity contribution in [2.45, 2.75) is 12.5 Å². The molecule has 0 aliphatic rings. The minimum absolute atomic E-state index is 0.265. The van der Waals surface area contributed by atoms with Crippen molar-refractivity contribution < 1.29 is 19.0 Å². The summed E-state index contributed by atoms with van der Waals surface area (Å²) in [5.74, 6) is 1.73. The van der Waals surface area contributed by atoms with Crippen molar-refractivity contribution in [3.63, 3.8) is 0 Å². The van der Waals surface area contributed by atoms with Gasteiger partial charge in [-0.1, -0.05) is 6.07 Å². The Morgan fingerprint density at radius 1 is 1.16 bits per heavy atom. The average Bonchev–Trinajstić information content (AvgIpc) is 2.85. The minimum atomic E-state index is -0.745. The molecule has 102 valence electrons. The smallest absolute Gasteiger partial charge is 0.193 e. The summed E-state index contributed by atoms with van der Waals surface area (Å²) in [6.45, 7) is 0. The lowest BCUT2D eigenvalue weighted by Crippen LogP contribution is -2.01. The molecule has 5 heteroatoms. The fourth-order valence-corrected chi connectivity index (χ4v) is 1.99. The minimum Gasteiger partial charge on any atom is -0.493 e. The lowest BCUT2D eigenvalue weighted by atomic mass is 10.1. The molecule has 0 amide bonds. The van der Waals surface area contributed by atoms with Crippen LogP contribution in [0.2, 0.25) is 5.22 Å². The number of benzene rings is 1. The van der Waals surface area contributed by atoms with Gasteiger partial charge in [0, 0.05) is 6.42 Å². The van der Waals surface area contributed by atoms with Crippen LogP contribution in [0.4, 0.5) is 0 Å². The Labute approximate surface area is 116 Å². The van der Waals surface area contributed by atoms with Gasteiger partial charge in [-0.3, -0.25) is 0 Å². The van der Waals surface area contributed by atoms with Gasteiger partial charge in [-0.2, -0.15) is 0 Å². The molecule has 0 aliphatic carbocycles. The Bertz CT molecular complexity index is 550. The molecular formula is C14H15ClO4. The predicted molar refractivity (Wildman–Crippen MR) is 71.9 cm³/mol. The molecule has 1 heterocycles. The topological polar surface area (TPSA) is 51.8 Å². The molecule has 19 heavy (non-hydrogen) atoms. The van der Waals surface area contributed by atoms with E-state index >= 15 is 0 Å². The number of aliphatic hydroxyl groups excluding tert-OH is 1. The summed E-state index contributed by atoms with van der Waals surface area (Å²) in [5, 5.41) is 10.3. The summed E-state index contributed by atoms with van der Waals surface area (Å²) < 4.78 is 15.6. The van der Waals surface area contributed by atoms with Crippen LogP contribution in [0.5, 0.6) is 11.5 Å². The van der Waals surface area contributed by atoms with E-state index in [9.17, 15) is 5.11 Å². The highest BCUT2D eigenvalue weighted by molar-refractivity contribution is 6.28. The molecule has 1 aromatic heterocycles. The SMILES string of the molecule is COc1ccc(CC(O)c2ccc(Cl)o2)cc1OC. The second-order valence-corrected chi connectivity index (χ2v) is 4.42. The highest BCUT2D eigenvalue weighted by Gasteiger charge is 2.14. The molecule has 0 bridgehead atoms. The maximum absolute atomic E-state index is 10.1. The first-order valence-electron chi connectivity index (χ1n) is 5.78. The van der Waals surface area contributed by atoms with Gasteiger partial charge in [-0.25, -0.2) is 0 Å². The molecule has 0 fully saturated rings. The molecule has 0 saturated carbocycles. The number of aliphatic hydroxyl groups is 1. The van der Waals surface area contributed by atoms with Crippen molar-refractivity contribution in [3.05, 3.63) is 46.9 Å². The molecule has 0 spiro atoms. The molecule has 1 N–H and O–H groups in total. The van der Waals surface area contributed by atoms with Gasteiger partial charge in [0.15, 0.2) is 16.7 Å². The third-order valence-electron chi connectivity index (χ3n) is 2.80. The largest absolute Gasteiger partial charge is 0.493 e. The molecule has 2 aromatic rings. The van der Waals surface area contributed by atoms with Gasteiger partial charge in [0.2, 0.25) is 0 Å². The van der Waals surface area contributed by atoms with Crippen LogP contribution in [0, 0.1) is 0 Å². The van der Waals surface area contributed by atoms with E-state index in [2.05, 4.69) is 0 Å². The van der Waals surface area contributed by atoms with Crippen molar-refractivity contribution in [3.8, 4) is 11.5 Å². The first-order valence-corrected chi connectivity index (χ1v) is 6.16. The highest BCUT2D eigenvalue weighted by Crippen LogP contribution is 2.30. The van der Waals surface area contributed by atoms with E-state index < -0.39 is 6.10 Å². The second kappa shape index (κ2) is 5.99. The van der Waals surface area contributed by atoms with Crippen molar-refractivity contribution in [2.75, 3.05) is 14.2 Å². The van der Waals surface area contributed by atoms with Crippen molar-refractivity contribution >= 4 is 11.6 Å². The lowest BCUT2D eigenvalue weighted by Gasteiger charge is -2.11. The van der Waals surface area contributed by atoms with E-state index in [1.165, 1.54) is 0 Å². The van der Waals surface area contributed by atoms with Crippen LogP contribution in [0.1, 0.15) is 17.4 Å². The van der Waals surface area contributed by atoms with E-state index in [0.29, 0.717) is 23.7 Å². The summed E-state index contributed by atoms with van der Waals surface area (Å²) >= 11 is 5.68. The molecule has 0 radical (unpaired) electrons. The van der Waals surface area contributed by atoms with Gasteiger partial charge >= 0.3 is 0 Å². The summed E-state index contributed by atoms with van der Waals surface area (Å²) in [7, 11) is 3.15. The number of methoxy groups -OCH3 is 2. The first kappa shape index (κ1) is 13.8. The molecule has 1 aromatic carbocycles. The van der Waals surface area contributed by atoms with Crippen LogP contribution in [-0.2, 0) is 6.42 Å². The average molecular weight is 283 g/mol.